The predicted octanol–water partition coefficient (Wildman–Crippen LogP) is -0.154. The quantitative estimate of drug-likeness (QED) is 0.637. The van der Waals surface area contributed by atoms with Gasteiger partial charge in [0.25, 0.3) is 0 Å². The van der Waals surface area contributed by atoms with Gasteiger partial charge in [-0.15, -0.1) is 0 Å². The van der Waals surface area contributed by atoms with Crippen molar-refractivity contribution in [1.82, 2.24) is 14.7 Å². The van der Waals surface area contributed by atoms with E-state index in [1.807, 2.05) is 10.9 Å². The molecule has 1 fully saturated rings. The Kier molecular flexibility index (Phi) is 1.91. The Bertz CT molecular complexity index is 331. The Morgan fingerprint density at radius 3 is 3.00 bits per heavy atom. The molecule has 0 atom stereocenters. The van der Waals surface area contributed by atoms with Crippen LogP contribution in [0, 0.1) is 11.3 Å². The van der Waals surface area contributed by atoms with Crippen molar-refractivity contribution < 1.29 is 0 Å². The molecule has 1 aliphatic rings. The molecular weight excluding hydrogens is 166 g/mol. The fourth-order valence-electron chi connectivity index (χ4n) is 1.49. The van der Waals surface area contributed by atoms with Gasteiger partial charge in [-0.25, -0.2) is 0 Å². The molecule has 0 aromatic carbocycles. The highest BCUT2D eigenvalue weighted by Crippen LogP contribution is 2.20. The average molecular weight is 177 g/mol. The Morgan fingerprint density at radius 1 is 1.69 bits per heavy atom. The summed E-state index contributed by atoms with van der Waals surface area (Å²) in [5, 5.41) is 12.5. The number of anilines is 1. The normalized spacial score (nSPS) is 18.1. The van der Waals surface area contributed by atoms with E-state index in [0.717, 1.165) is 13.1 Å². The molecule has 0 unspecified atom stereocenters. The van der Waals surface area contributed by atoms with Crippen LogP contribution >= 0.6 is 0 Å². The molecule has 0 aliphatic carbocycles. The topological polar surface area (TPSA) is 70.9 Å². The summed E-state index contributed by atoms with van der Waals surface area (Å²) in [6, 6.07) is 2.51. The van der Waals surface area contributed by atoms with Crippen LogP contribution in [0.4, 0.5) is 5.69 Å². The highest BCUT2D eigenvalue weighted by atomic mass is 15.4. The van der Waals surface area contributed by atoms with Gasteiger partial charge < -0.3 is 5.73 Å². The predicted molar refractivity (Wildman–Crippen MR) is 47.7 cm³/mol. The molecule has 2 heterocycles. The van der Waals surface area contributed by atoms with Crippen molar-refractivity contribution in [3.63, 3.8) is 0 Å². The first-order valence-electron chi connectivity index (χ1n) is 4.18. The molecule has 0 spiro atoms. The third-order valence-electron chi connectivity index (χ3n) is 2.23. The van der Waals surface area contributed by atoms with Crippen LogP contribution in [0.25, 0.3) is 0 Å². The number of aromatic nitrogens is 2. The maximum atomic E-state index is 8.43. The molecule has 1 saturated heterocycles. The molecule has 5 heteroatoms. The maximum Gasteiger partial charge on any atom is 0.0867 e. The Hall–Kier alpha value is -1.54. The smallest absolute Gasteiger partial charge is 0.0867 e. The fourth-order valence-corrected chi connectivity index (χ4v) is 1.49. The zero-order valence-electron chi connectivity index (χ0n) is 7.22. The number of likely N-dealkylation sites (tertiary alicyclic amines) is 1. The minimum Gasteiger partial charge on any atom is -0.396 e. The van der Waals surface area contributed by atoms with Crippen molar-refractivity contribution in [2.75, 3.05) is 25.4 Å². The van der Waals surface area contributed by atoms with Gasteiger partial charge >= 0.3 is 0 Å². The van der Waals surface area contributed by atoms with Gasteiger partial charge in [0, 0.05) is 19.3 Å². The first-order valence-corrected chi connectivity index (χ1v) is 4.18. The van der Waals surface area contributed by atoms with Crippen molar-refractivity contribution in [2.24, 2.45) is 0 Å². The highest BCUT2D eigenvalue weighted by molar-refractivity contribution is 5.30. The van der Waals surface area contributed by atoms with Gasteiger partial charge in [-0.3, -0.25) is 9.58 Å². The van der Waals surface area contributed by atoms with E-state index in [2.05, 4.69) is 16.1 Å². The van der Waals surface area contributed by atoms with E-state index in [9.17, 15) is 0 Å². The van der Waals surface area contributed by atoms with E-state index in [0.29, 0.717) is 18.3 Å². The summed E-state index contributed by atoms with van der Waals surface area (Å²) < 4.78 is 1.86. The lowest BCUT2D eigenvalue weighted by atomic mass is 10.1. The van der Waals surface area contributed by atoms with E-state index in [-0.39, 0.29) is 0 Å². The number of hydrogen-bond acceptors (Lipinski definition) is 4. The molecule has 1 aliphatic heterocycles. The number of nitrogens with two attached hydrogens (primary N) is 1. The van der Waals surface area contributed by atoms with Crippen LogP contribution in [-0.2, 0) is 0 Å². The first-order chi connectivity index (χ1) is 6.29. The Balaban J connectivity index is 1.91. The minimum atomic E-state index is 0.394. The highest BCUT2D eigenvalue weighted by Gasteiger charge is 2.27. The number of hydrogen-bond donors (Lipinski definition) is 1. The van der Waals surface area contributed by atoms with Gasteiger partial charge in [-0.05, 0) is 0 Å². The standard InChI is InChI=1S/C8H11N5/c9-1-2-12-5-8(6-12)13-4-7(10)3-11-13/h3-4,8H,2,5-6,10H2. The second-order valence-corrected chi connectivity index (χ2v) is 3.26. The first kappa shape index (κ1) is 8.08. The summed E-state index contributed by atoms with van der Waals surface area (Å²) in [4.78, 5) is 2.07. The Morgan fingerprint density at radius 2 is 2.46 bits per heavy atom. The van der Waals surface area contributed by atoms with Crippen molar-refractivity contribution in [1.29, 1.82) is 5.26 Å². The monoisotopic (exact) mass is 177 g/mol. The number of rotatable bonds is 2. The van der Waals surface area contributed by atoms with Gasteiger partial charge in [0.05, 0.1) is 30.5 Å². The summed E-state index contributed by atoms with van der Waals surface area (Å²) in [6.07, 6.45) is 3.47. The third kappa shape index (κ3) is 1.48. The van der Waals surface area contributed by atoms with Crippen molar-refractivity contribution >= 4 is 5.69 Å². The van der Waals surface area contributed by atoms with Gasteiger partial charge in [-0.2, -0.15) is 10.4 Å². The molecule has 0 amide bonds. The van der Waals surface area contributed by atoms with Crippen molar-refractivity contribution in [3.8, 4) is 6.07 Å². The lowest BCUT2D eigenvalue weighted by Gasteiger charge is -2.37. The summed E-state index contributed by atoms with van der Waals surface area (Å²) >= 11 is 0. The lowest BCUT2D eigenvalue weighted by molar-refractivity contribution is 0.115. The zero-order chi connectivity index (χ0) is 9.26. The molecule has 1 aromatic rings. The maximum absolute atomic E-state index is 8.43. The van der Waals surface area contributed by atoms with E-state index >= 15 is 0 Å². The van der Waals surface area contributed by atoms with Gasteiger partial charge in [0.15, 0.2) is 0 Å². The average Bonchev–Trinajstić information content (AvgIpc) is 2.43. The van der Waals surface area contributed by atoms with Crippen LogP contribution in [-0.4, -0.2) is 34.3 Å². The molecule has 68 valence electrons. The van der Waals surface area contributed by atoms with Crippen LogP contribution < -0.4 is 5.73 Å². The van der Waals surface area contributed by atoms with E-state index in [4.69, 9.17) is 11.0 Å². The van der Waals surface area contributed by atoms with Crippen molar-refractivity contribution in [3.05, 3.63) is 12.4 Å². The fraction of sp³-hybridized carbons (Fsp3) is 0.500. The lowest BCUT2D eigenvalue weighted by Crippen LogP contribution is -2.47. The minimum absolute atomic E-state index is 0.394. The van der Waals surface area contributed by atoms with Crippen molar-refractivity contribution in [2.45, 2.75) is 6.04 Å². The molecule has 0 bridgehead atoms. The molecule has 2 N–H and O–H groups in total. The zero-order valence-corrected chi connectivity index (χ0v) is 7.22. The molecule has 0 radical (unpaired) electrons. The second kappa shape index (κ2) is 3.07. The third-order valence-corrected chi connectivity index (χ3v) is 2.23. The van der Waals surface area contributed by atoms with Crippen LogP contribution in [0.5, 0.6) is 0 Å². The van der Waals surface area contributed by atoms with Crippen LogP contribution in [0.15, 0.2) is 12.4 Å². The second-order valence-electron chi connectivity index (χ2n) is 3.26. The molecule has 13 heavy (non-hydrogen) atoms. The molecule has 5 nitrogen and oxygen atoms in total. The molecule has 2 rings (SSSR count). The molecule has 1 aromatic heterocycles. The van der Waals surface area contributed by atoms with Gasteiger partial charge in [0.2, 0.25) is 0 Å². The summed E-state index contributed by atoms with van der Waals surface area (Å²) in [7, 11) is 0. The molecule has 0 saturated carbocycles. The Labute approximate surface area is 76.3 Å². The largest absolute Gasteiger partial charge is 0.396 e. The van der Waals surface area contributed by atoms with Gasteiger partial charge in [-0.1, -0.05) is 0 Å². The van der Waals surface area contributed by atoms with Crippen LogP contribution in [0.2, 0.25) is 0 Å². The van der Waals surface area contributed by atoms with E-state index in [1.165, 1.54) is 0 Å². The van der Waals surface area contributed by atoms with E-state index < -0.39 is 0 Å². The van der Waals surface area contributed by atoms with Crippen LogP contribution in [0.3, 0.4) is 0 Å². The molecular formula is C8H11N5. The summed E-state index contributed by atoms with van der Waals surface area (Å²) in [5.41, 5.74) is 6.23. The van der Waals surface area contributed by atoms with Gasteiger partial charge in [0.1, 0.15) is 0 Å². The van der Waals surface area contributed by atoms with Crippen LogP contribution in [0.1, 0.15) is 6.04 Å². The van der Waals surface area contributed by atoms with E-state index in [1.54, 1.807) is 6.20 Å². The number of nitriles is 1. The number of nitrogens with zero attached hydrogens (tertiary/aromatic N) is 4. The number of nitrogen functional groups attached to an aromatic ring is 1. The SMILES string of the molecule is N#CCN1CC(n2cc(N)cn2)C1. The summed E-state index contributed by atoms with van der Waals surface area (Å²) in [5.74, 6) is 0. The summed E-state index contributed by atoms with van der Waals surface area (Å²) in [6.45, 7) is 2.30.